The molecule has 0 aromatic heterocycles. The average Bonchev–Trinajstić information content (AvgIpc) is 2.81. The molecule has 182 valence electrons. The summed E-state index contributed by atoms with van der Waals surface area (Å²) in [6.07, 6.45) is 5.54. The number of halogens is 3. The van der Waals surface area contributed by atoms with E-state index in [1.807, 2.05) is 13.0 Å². The van der Waals surface area contributed by atoms with Crippen LogP contribution >= 0.6 is 0 Å². The van der Waals surface area contributed by atoms with Gasteiger partial charge in [-0.15, -0.1) is 0 Å². The largest absolute Gasteiger partial charge is 0.416 e. The highest BCUT2D eigenvalue weighted by Gasteiger charge is 2.35. The summed E-state index contributed by atoms with van der Waals surface area (Å²) in [5.74, 6) is -0.00606. The minimum absolute atomic E-state index is 0.00534. The third-order valence-electron chi connectivity index (χ3n) is 6.94. The van der Waals surface area contributed by atoms with Gasteiger partial charge in [0.2, 0.25) is 0 Å². The first-order chi connectivity index (χ1) is 16.3. The third kappa shape index (κ3) is 5.83. The topological polar surface area (TPSA) is 24.8 Å². The molecule has 4 rings (SSSR count). The highest BCUT2D eigenvalue weighted by molar-refractivity contribution is 5.98. The molecule has 0 amide bonds. The SMILES string of the molecule is CCc1cc(C(C)=NOCc2ccc(C3CCCCC3)c(C(F)(F)F)c2)ccc1CN1C=CC1. The van der Waals surface area contributed by atoms with E-state index in [0.29, 0.717) is 16.8 Å². The Kier molecular flexibility index (Phi) is 7.64. The van der Waals surface area contributed by atoms with Crippen LogP contribution in [-0.2, 0) is 30.6 Å². The van der Waals surface area contributed by atoms with Crippen LogP contribution in [0.5, 0.6) is 0 Å². The molecule has 2 aliphatic rings. The molecule has 0 bridgehead atoms. The van der Waals surface area contributed by atoms with Crippen molar-refractivity contribution < 1.29 is 18.0 Å². The van der Waals surface area contributed by atoms with Crippen LogP contribution in [-0.4, -0.2) is 17.2 Å². The smallest absolute Gasteiger partial charge is 0.391 e. The number of nitrogens with zero attached hydrogens (tertiary/aromatic N) is 2. The highest BCUT2D eigenvalue weighted by Crippen LogP contribution is 2.41. The Labute approximate surface area is 200 Å². The van der Waals surface area contributed by atoms with Crippen LogP contribution in [0.25, 0.3) is 0 Å². The monoisotopic (exact) mass is 470 g/mol. The van der Waals surface area contributed by atoms with E-state index >= 15 is 0 Å². The first kappa shape index (κ1) is 24.4. The molecule has 2 aromatic carbocycles. The molecule has 1 fully saturated rings. The predicted octanol–water partition coefficient (Wildman–Crippen LogP) is 7.59. The Morgan fingerprint density at radius 1 is 1.06 bits per heavy atom. The van der Waals surface area contributed by atoms with Gasteiger partial charge in [0.05, 0.1) is 11.3 Å². The Balaban J connectivity index is 1.44. The molecule has 0 radical (unpaired) electrons. The number of rotatable bonds is 8. The number of hydrogen-bond acceptors (Lipinski definition) is 3. The average molecular weight is 471 g/mol. The summed E-state index contributed by atoms with van der Waals surface area (Å²) in [5, 5.41) is 4.20. The molecule has 0 N–H and O–H groups in total. The van der Waals surface area contributed by atoms with Crippen molar-refractivity contribution in [3.05, 3.63) is 82.1 Å². The maximum Gasteiger partial charge on any atom is 0.416 e. The zero-order valence-electron chi connectivity index (χ0n) is 20.0. The Hall–Kier alpha value is -2.76. The fourth-order valence-electron chi connectivity index (χ4n) is 4.89. The number of alkyl halides is 3. The normalized spacial score (nSPS) is 17.1. The summed E-state index contributed by atoms with van der Waals surface area (Å²) in [4.78, 5) is 7.74. The van der Waals surface area contributed by atoms with Gasteiger partial charge in [0.15, 0.2) is 0 Å². The second-order valence-corrected chi connectivity index (χ2v) is 9.36. The molecule has 0 spiro atoms. The quantitative estimate of drug-likeness (QED) is 0.293. The van der Waals surface area contributed by atoms with Gasteiger partial charge in [0.25, 0.3) is 0 Å². The fraction of sp³-hybridized carbons (Fsp3) is 0.464. The van der Waals surface area contributed by atoms with Crippen molar-refractivity contribution >= 4 is 5.71 Å². The van der Waals surface area contributed by atoms with Crippen LogP contribution in [0.3, 0.4) is 0 Å². The minimum Gasteiger partial charge on any atom is -0.391 e. The Bertz CT molecular complexity index is 1050. The van der Waals surface area contributed by atoms with Crippen LogP contribution < -0.4 is 0 Å². The number of oxime groups is 1. The zero-order valence-corrected chi connectivity index (χ0v) is 20.0. The van der Waals surface area contributed by atoms with E-state index in [4.69, 9.17) is 4.84 Å². The van der Waals surface area contributed by atoms with E-state index in [9.17, 15) is 13.2 Å². The van der Waals surface area contributed by atoms with Crippen molar-refractivity contribution in [2.24, 2.45) is 5.16 Å². The van der Waals surface area contributed by atoms with E-state index in [1.54, 1.807) is 12.1 Å². The van der Waals surface area contributed by atoms with Gasteiger partial charge in [-0.25, -0.2) is 0 Å². The van der Waals surface area contributed by atoms with E-state index in [0.717, 1.165) is 57.2 Å². The minimum atomic E-state index is -4.37. The van der Waals surface area contributed by atoms with E-state index in [1.165, 1.54) is 17.2 Å². The van der Waals surface area contributed by atoms with Crippen molar-refractivity contribution in [1.29, 1.82) is 0 Å². The Morgan fingerprint density at radius 3 is 2.47 bits per heavy atom. The van der Waals surface area contributed by atoms with Crippen molar-refractivity contribution in [2.45, 2.75) is 77.6 Å². The number of hydrogen-bond donors (Lipinski definition) is 0. The molecule has 0 unspecified atom stereocenters. The predicted molar refractivity (Wildman–Crippen MR) is 130 cm³/mol. The van der Waals surface area contributed by atoms with Crippen molar-refractivity contribution in [3.8, 4) is 0 Å². The summed E-state index contributed by atoms with van der Waals surface area (Å²) >= 11 is 0. The lowest BCUT2D eigenvalue weighted by Gasteiger charge is -2.26. The molecule has 1 heterocycles. The molecule has 1 saturated carbocycles. The summed E-state index contributed by atoms with van der Waals surface area (Å²) in [6.45, 7) is 5.88. The molecule has 34 heavy (non-hydrogen) atoms. The van der Waals surface area contributed by atoms with E-state index in [2.05, 4.69) is 41.4 Å². The van der Waals surface area contributed by atoms with E-state index in [-0.39, 0.29) is 12.5 Å². The maximum absolute atomic E-state index is 13.8. The van der Waals surface area contributed by atoms with Crippen LogP contribution in [0.4, 0.5) is 13.2 Å². The highest BCUT2D eigenvalue weighted by atomic mass is 19.4. The lowest BCUT2D eigenvalue weighted by atomic mass is 9.81. The van der Waals surface area contributed by atoms with Crippen LogP contribution in [0.15, 0.2) is 53.8 Å². The van der Waals surface area contributed by atoms with Gasteiger partial charge in [-0.05, 0) is 84.3 Å². The van der Waals surface area contributed by atoms with Crippen LogP contribution in [0.2, 0.25) is 0 Å². The summed E-state index contributed by atoms with van der Waals surface area (Å²) in [7, 11) is 0. The van der Waals surface area contributed by atoms with Gasteiger partial charge < -0.3 is 9.74 Å². The standard InChI is InChI=1S/C28H33F3N2O/c1-3-22-17-24(11-12-25(22)18-33-14-7-15-33)20(2)32-34-19-21-10-13-26(23-8-5-4-6-9-23)27(16-21)28(29,30)31/h7,10-14,16-17,23H,3-6,8-9,15,18-19H2,1-2H3. The molecule has 6 heteroatoms. The Morgan fingerprint density at radius 2 is 1.82 bits per heavy atom. The van der Waals surface area contributed by atoms with Gasteiger partial charge >= 0.3 is 6.18 Å². The van der Waals surface area contributed by atoms with Crippen molar-refractivity contribution in [3.63, 3.8) is 0 Å². The molecule has 3 nitrogen and oxygen atoms in total. The number of aryl methyl sites for hydroxylation is 1. The summed E-state index contributed by atoms with van der Waals surface area (Å²) in [5.41, 5.74) is 4.61. The molecule has 1 aliphatic heterocycles. The van der Waals surface area contributed by atoms with Crippen LogP contribution in [0, 0.1) is 0 Å². The molecular formula is C28H33F3N2O. The van der Waals surface area contributed by atoms with Gasteiger partial charge in [-0.1, -0.05) is 55.6 Å². The maximum atomic E-state index is 13.8. The third-order valence-corrected chi connectivity index (χ3v) is 6.94. The number of benzene rings is 2. The zero-order chi connectivity index (χ0) is 24.1. The first-order valence-corrected chi connectivity index (χ1v) is 12.2. The van der Waals surface area contributed by atoms with Crippen molar-refractivity contribution in [2.75, 3.05) is 6.54 Å². The summed E-state index contributed by atoms with van der Waals surface area (Å²) < 4.78 is 41.4. The molecule has 0 saturated heterocycles. The van der Waals surface area contributed by atoms with Crippen LogP contribution in [0.1, 0.15) is 85.3 Å². The lowest BCUT2D eigenvalue weighted by Crippen LogP contribution is -2.24. The second kappa shape index (κ2) is 10.7. The second-order valence-electron chi connectivity index (χ2n) is 9.36. The fourth-order valence-corrected chi connectivity index (χ4v) is 4.89. The molecule has 0 atom stereocenters. The van der Waals surface area contributed by atoms with Gasteiger partial charge in [-0.3, -0.25) is 0 Å². The summed E-state index contributed by atoms with van der Waals surface area (Å²) in [6, 6.07) is 10.9. The molecular weight excluding hydrogens is 437 g/mol. The molecule has 2 aromatic rings. The van der Waals surface area contributed by atoms with E-state index < -0.39 is 11.7 Å². The molecule has 1 aliphatic carbocycles. The first-order valence-electron chi connectivity index (χ1n) is 12.2. The van der Waals surface area contributed by atoms with Gasteiger partial charge in [-0.2, -0.15) is 13.2 Å². The van der Waals surface area contributed by atoms with Gasteiger partial charge in [0.1, 0.15) is 6.61 Å². The van der Waals surface area contributed by atoms with Gasteiger partial charge in [0, 0.05) is 13.1 Å². The van der Waals surface area contributed by atoms with Crippen molar-refractivity contribution in [1.82, 2.24) is 4.90 Å². The lowest BCUT2D eigenvalue weighted by molar-refractivity contribution is -0.138.